The molecule has 0 aliphatic heterocycles. The summed E-state index contributed by atoms with van der Waals surface area (Å²) in [5.74, 6) is -0.345. The molecule has 2 heterocycles. The fourth-order valence-corrected chi connectivity index (χ4v) is 2.58. The van der Waals surface area contributed by atoms with E-state index in [-0.39, 0.29) is 11.6 Å². The molecule has 0 fully saturated rings. The quantitative estimate of drug-likeness (QED) is 0.789. The minimum Gasteiger partial charge on any atom is -0.319 e. The molecular formula is C11H6Cl2N4OS. The Hall–Kier alpha value is -1.63. The Kier molecular flexibility index (Phi) is 3.14. The average molecular weight is 313 g/mol. The number of carbonyl (C=O) groups is 1. The van der Waals surface area contributed by atoms with Gasteiger partial charge in [-0.1, -0.05) is 34.5 Å². The van der Waals surface area contributed by atoms with Gasteiger partial charge in [-0.3, -0.25) is 4.79 Å². The molecule has 5 nitrogen and oxygen atoms in total. The third kappa shape index (κ3) is 2.42. The lowest BCUT2D eigenvalue weighted by molar-refractivity contribution is 0.102. The van der Waals surface area contributed by atoms with Crippen molar-refractivity contribution in [3.8, 4) is 0 Å². The van der Waals surface area contributed by atoms with Gasteiger partial charge in [0, 0.05) is 5.02 Å². The molecule has 0 atom stereocenters. The van der Waals surface area contributed by atoms with Crippen molar-refractivity contribution in [1.29, 1.82) is 0 Å². The van der Waals surface area contributed by atoms with E-state index in [1.54, 1.807) is 34.4 Å². The van der Waals surface area contributed by atoms with Gasteiger partial charge in [0.2, 0.25) is 4.96 Å². The van der Waals surface area contributed by atoms with Gasteiger partial charge in [-0.2, -0.15) is 5.10 Å². The van der Waals surface area contributed by atoms with Gasteiger partial charge in [-0.05, 0) is 18.2 Å². The van der Waals surface area contributed by atoms with E-state index in [1.807, 2.05) is 0 Å². The van der Waals surface area contributed by atoms with Gasteiger partial charge < -0.3 is 5.32 Å². The number of carbonyl (C=O) groups excluding carboxylic acids is 1. The summed E-state index contributed by atoms with van der Waals surface area (Å²) in [7, 11) is 0. The van der Waals surface area contributed by atoms with Crippen molar-refractivity contribution < 1.29 is 4.79 Å². The van der Waals surface area contributed by atoms with E-state index < -0.39 is 0 Å². The normalized spacial score (nSPS) is 10.8. The van der Waals surface area contributed by atoms with Crippen LogP contribution in [0.15, 0.2) is 29.9 Å². The molecule has 0 spiro atoms. The highest BCUT2D eigenvalue weighted by Gasteiger charge is 2.13. The number of aromatic nitrogens is 3. The van der Waals surface area contributed by atoms with Crippen LogP contribution in [0.2, 0.25) is 10.0 Å². The Morgan fingerprint density at radius 1 is 1.37 bits per heavy atom. The molecule has 0 bridgehead atoms. The minimum atomic E-state index is -0.345. The molecule has 2 aromatic heterocycles. The lowest BCUT2D eigenvalue weighted by Gasteiger charge is -2.05. The SMILES string of the molecule is O=C(Nc1ccc(Cl)cc1Cl)c1cn2ncsc2n1. The van der Waals surface area contributed by atoms with Crippen LogP contribution < -0.4 is 5.32 Å². The molecule has 19 heavy (non-hydrogen) atoms. The lowest BCUT2D eigenvalue weighted by atomic mass is 10.3. The smallest absolute Gasteiger partial charge is 0.276 e. The Bertz CT molecular complexity index is 738. The van der Waals surface area contributed by atoms with E-state index in [1.165, 1.54) is 11.3 Å². The largest absolute Gasteiger partial charge is 0.319 e. The summed E-state index contributed by atoms with van der Waals surface area (Å²) in [4.78, 5) is 16.8. The van der Waals surface area contributed by atoms with E-state index in [9.17, 15) is 4.79 Å². The van der Waals surface area contributed by atoms with Crippen LogP contribution in [0.4, 0.5) is 5.69 Å². The highest BCUT2D eigenvalue weighted by molar-refractivity contribution is 7.14. The fraction of sp³-hybridized carbons (Fsp3) is 0. The van der Waals surface area contributed by atoms with Crippen molar-refractivity contribution in [2.75, 3.05) is 5.32 Å². The van der Waals surface area contributed by atoms with Gasteiger partial charge in [-0.25, -0.2) is 9.50 Å². The lowest BCUT2D eigenvalue weighted by Crippen LogP contribution is -2.12. The van der Waals surface area contributed by atoms with Gasteiger partial charge >= 0.3 is 0 Å². The summed E-state index contributed by atoms with van der Waals surface area (Å²) in [6, 6.07) is 4.85. The van der Waals surface area contributed by atoms with E-state index in [0.29, 0.717) is 20.7 Å². The third-order valence-electron chi connectivity index (χ3n) is 2.40. The number of amides is 1. The topological polar surface area (TPSA) is 59.3 Å². The number of anilines is 1. The van der Waals surface area contributed by atoms with Gasteiger partial charge in [0.15, 0.2) is 0 Å². The summed E-state index contributed by atoms with van der Waals surface area (Å²) in [5, 5.41) is 7.57. The summed E-state index contributed by atoms with van der Waals surface area (Å²) < 4.78 is 1.54. The molecule has 96 valence electrons. The van der Waals surface area contributed by atoms with Crippen molar-refractivity contribution >= 4 is 51.1 Å². The van der Waals surface area contributed by atoms with Crippen LogP contribution >= 0.6 is 34.5 Å². The number of fused-ring (bicyclic) bond motifs is 1. The maximum Gasteiger partial charge on any atom is 0.276 e. The van der Waals surface area contributed by atoms with E-state index in [0.717, 1.165) is 0 Å². The predicted octanol–water partition coefficient (Wildman–Crippen LogP) is 3.35. The second-order valence-electron chi connectivity index (χ2n) is 3.67. The molecule has 1 amide bonds. The standard InChI is InChI=1S/C11H6Cl2N4OS/c12-6-1-2-8(7(13)3-6)15-10(18)9-4-17-11(16-9)19-5-14-17/h1-5H,(H,15,18). The number of halogens is 2. The van der Waals surface area contributed by atoms with Crippen molar-refractivity contribution in [1.82, 2.24) is 14.6 Å². The van der Waals surface area contributed by atoms with Crippen LogP contribution in [0.25, 0.3) is 4.96 Å². The molecule has 1 aromatic carbocycles. The monoisotopic (exact) mass is 312 g/mol. The van der Waals surface area contributed by atoms with Crippen LogP contribution in [0, 0.1) is 0 Å². The molecule has 0 radical (unpaired) electrons. The minimum absolute atomic E-state index is 0.283. The number of hydrogen-bond acceptors (Lipinski definition) is 4. The number of nitrogens with one attached hydrogen (secondary N) is 1. The van der Waals surface area contributed by atoms with Crippen LogP contribution in [-0.2, 0) is 0 Å². The van der Waals surface area contributed by atoms with Gasteiger partial charge in [-0.15, -0.1) is 0 Å². The zero-order valence-corrected chi connectivity index (χ0v) is 11.6. The first-order valence-corrected chi connectivity index (χ1v) is 6.82. The zero-order chi connectivity index (χ0) is 13.4. The first kappa shape index (κ1) is 12.4. The molecule has 0 aliphatic rings. The van der Waals surface area contributed by atoms with Crippen LogP contribution in [-0.4, -0.2) is 20.5 Å². The van der Waals surface area contributed by atoms with Gasteiger partial charge in [0.25, 0.3) is 5.91 Å². The summed E-state index contributed by atoms with van der Waals surface area (Å²) in [5.41, 5.74) is 2.42. The van der Waals surface area contributed by atoms with E-state index in [2.05, 4.69) is 15.4 Å². The van der Waals surface area contributed by atoms with Crippen molar-refractivity contribution in [2.24, 2.45) is 0 Å². The number of hydrogen-bond donors (Lipinski definition) is 1. The van der Waals surface area contributed by atoms with Crippen molar-refractivity contribution in [3.63, 3.8) is 0 Å². The van der Waals surface area contributed by atoms with Crippen molar-refractivity contribution in [3.05, 3.63) is 45.6 Å². The number of imidazole rings is 1. The number of rotatable bonds is 2. The molecule has 0 unspecified atom stereocenters. The maximum atomic E-state index is 12.0. The molecule has 3 aromatic rings. The maximum absolute atomic E-state index is 12.0. The number of benzene rings is 1. The van der Waals surface area contributed by atoms with E-state index in [4.69, 9.17) is 23.2 Å². The molecule has 3 rings (SSSR count). The first-order chi connectivity index (χ1) is 9.13. The van der Waals surface area contributed by atoms with Gasteiger partial charge in [0.05, 0.1) is 16.9 Å². The average Bonchev–Trinajstić information content (AvgIpc) is 2.93. The highest BCUT2D eigenvalue weighted by Crippen LogP contribution is 2.25. The predicted molar refractivity (Wildman–Crippen MR) is 75.3 cm³/mol. The van der Waals surface area contributed by atoms with E-state index >= 15 is 0 Å². The van der Waals surface area contributed by atoms with Crippen molar-refractivity contribution in [2.45, 2.75) is 0 Å². The summed E-state index contributed by atoms with van der Waals surface area (Å²) in [6.07, 6.45) is 1.56. The molecule has 8 heteroatoms. The Morgan fingerprint density at radius 2 is 2.21 bits per heavy atom. The van der Waals surface area contributed by atoms with Crippen LogP contribution in [0.1, 0.15) is 10.5 Å². The summed E-state index contributed by atoms with van der Waals surface area (Å²) >= 11 is 13.1. The molecule has 0 saturated heterocycles. The molecule has 1 N–H and O–H groups in total. The second kappa shape index (κ2) is 4.80. The molecular weight excluding hydrogens is 307 g/mol. The molecule has 0 saturated carbocycles. The third-order valence-corrected chi connectivity index (χ3v) is 3.63. The number of nitrogens with zero attached hydrogens (tertiary/aromatic N) is 3. The highest BCUT2D eigenvalue weighted by atomic mass is 35.5. The van der Waals surface area contributed by atoms with Gasteiger partial charge in [0.1, 0.15) is 11.2 Å². The first-order valence-electron chi connectivity index (χ1n) is 5.19. The summed E-state index contributed by atoms with van der Waals surface area (Å²) in [6.45, 7) is 0. The fourth-order valence-electron chi connectivity index (χ4n) is 1.53. The second-order valence-corrected chi connectivity index (χ2v) is 5.33. The zero-order valence-electron chi connectivity index (χ0n) is 9.30. The Labute approximate surface area is 121 Å². The van der Waals surface area contributed by atoms with Crippen LogP contribution in [0.5, 0.6) is 0 Å². The van der Waals surface area contributed by atoms with Crippen LogP contribution in [0.3, 0.4) is 0 Å². The Morgan fingerprint density at radius 3 is 2.95 bits per heavy atom. The molecule has 0 aliphatic carbocycles. The Balaban J connectivity index is 1.86.